The summed E-state index contributed by atoms with van der Waals surface area (Å²) in [6, 6.07) is 7.56. The average Bonchev–Trinajstić information content (AvgIpc) is 3.28. The molecule has 1 N–H and O–H groups in total. The third kappa shape index (κ3) is 4.33. The summed E-state index contributed by atoms with van der Waals surface area (Å²) in [5.41, 5.74) is 1.42. The standard InChI is InChI=1S/C21H23Cl2N5O3/c1-4-16-11(2)17(30-12(3)29)20(31-16)28-19-14(10-25-28)18(26-21(23)27-19)24-9-13-7-5-6-8-15(13)22/h5-8,10-11,16-17,20H,4,9H2,1-3H3,(H,24,26,27)/t11-,16-,17?,20-/m1/s1. The number of ether oxygens (including phenoxy) is 2. The molecule has 0 spiro atoms. The fraction of sp³-hybridized carbons (Fsp3) is 0.429. The molecule has 1 aromatic carbocycles. The summed E-state index contributed by atoms with van der Waals surface area (Å²) in [5, 5.41) is 9.15. The number of fused-ring (bicyclic) bond motifs is 1. The lowest BCUT2D eigenvalue weighted by molar-refractivity contribution is -0.154. The third-order valence-corrected chi connectivity index (χ3v) is 6.01. The molecule has 10 heteroatoms. The maximum atomic E-state index is 11.7. The predicted molar refractivity (Wildman–Crippen MR) is 118 cm³/mol. The van der Waals surface area contributed by atoms with Crippen molar-refractivity contribution in [3.05, 3.63) is 46.3 Å². The molecule has 31 heavy (non-hydrogen) atoms. The molecule has 2 aromatic heterocycles. The van der Waals surface area contributed by atoms with E-state index in [0.29, 0.717) is 28.4 Å². The number of esters is 1. The van der Waals surface area contributed by atoms with E-state index in [1.54, 1.807) is 10.9 Å². The van der Waals surface area contributed by atoms with E-state index in [4.69, 9.17) is 32.7 Å². The number of halogens is 2. The molecule has 1 aliphatic heterocycles. The number of anilines is 1. The van der Waals surface area contributed by atoms with Crippen LogP contribution in [0.2, 0.25) is 10.3 Å². The predicted octanol–water partition coefficient (Wildman–Crippen LogP) is 4.62. The Bertz CT molecular complexity index is 1110. The Labute approximate surface area is 189 Å². The molecule has 1 aliphatic rings. The zero-order valence-corrected chi connectivity index (χ0v) is 18.9. The molecule has 0 saturated carbocycles. The summed E-state index contributed by atoms with van der Waals surface area (Å²) in [6.45, 7) is 5.88. The first-order chi connectivity index (χ1) is 14.9. The third-order valence-electron chi connectivity index (χ3n) is 5.48. The van der Waals surface area contributed by atoms with Gasteiger partial charge in [-0.25, -0.2) is 4.68 Å². The van der Waals surface area contributed by atoms with E-state index in [1.807, 2.05) is 38.1 Å². The molecular weight excluding hydrogens is 441 g/mol. The number of benzene rings is 1. The zero-order valence-electron chi connectivity index (χ0n) is 17.4. The second-order valence-electron chi connectivity index (χ2n) is 7.52. The van der Waals surface area contributed by atoms with E-state index in [1.165, 1.54) is 6.92 Å². The van der Waals surface area contributed by atoms with Crippen molar-refractivity contribution in [2.75, 3.05) is 5.32 Å². The summed E-state index contributed by atoms with van der Waals surface area (Å²) < 4.78 is 13.4. The van der Waals surface area contributed by atoms with Crippen LogP contribution in [0.1, 0.15) is 39.0 Å². The van der Waals surface area contributed by atoms with Crippen LogP contribution in [0, 0.1) is 5.92 Å². The van der Waals surface area contributed by atoms with Crippen molar-refractivity contribution in [3.8, 4) is 0 Å². The second kappa shape index (κ2) is 8.98. The minimum atomic E-state index is -0.608. The Kier molecular flexibility index (Phi) is 6.31. The highest BCUT2D eigenvalue weighted by molar-refractivity contribution is 6.31. The summed E-state index contributed by atoms with van der Waals surface area (Å²) in [6.07, 6.45) is 1.28. The molecule has 164 valence electrons. The normalized spacial score (nSPS) is 23.3. The monoisotopic (exact) mass is 463 g/mol. The number of rotatable bonds is 6. The quantitative estimate of drug-likeness (QED) is 0.421. The summed E-state index contributed by atoms with van der Waals surface area (Å²) in [5.74, 6) is 0.171. The molecule has 4 atom stereocenters. The topological polar surface area (TPSA) is 91.2 Å². The van der Waals surface area contributed by atoms with E-state index in [9.17, 15) is 4.79 Å². The maximum Gasteiger partial charge on any atom is 0.303 e. The first-order valence-electron chi connectivity index (χ1n) is 10.1. The molecule has 0 aliphatic carbocycles. The van der Waals surface area contributed by atoms with Crippen molar-refractivity contribution in [1.29, 1.82) is 0 Å². The smallest absolute Gasteiger partial charge is 0.303 e. The van der Waals surface area contributed by atoms with E-state index >= 15 is 0 Å². The second-order valence-corrected chi connectivity index (χ2v) is 8.26. The number of hydrogen-bond acceptors (Lipinski definition) is 7. The van der Waals surface area contributed by atoms with Gasteiger partial charge in [0.1, 0.15) is 5.82 Å². The highest BCUT2D eigenvalue weighted by atomic mass is 35.5. The first-order valence-corrected chi connectivity index (χ1v) is 10.8. The van der Waals surface area contributed by atoms with Gasteiger partial charge in [0.05, 0.1) is 17.7 Å². The Morgan fingerprint density at radius 3 is 2.77 bits per heavy atom. The molecule has 8 nitrogen and oxygen atoms in total. The van der Waals surface area contributed by atoms with Gasteiger partial charge in [-0.2, -0.15) is 15.1 Å². The van der Waals surface area contributed by atoms with Gasteiger partial charge in [0, 0.05) is 24.4 Å². The van der Waals surface area contributed by atoms with E-state index in [2.05, 4.69) is 20.4 Å². The fourth-order valence-corrected chi connectivity index (χ4v) is 4.28. The molecule has 1 saturated heterocycles. The van der Waals surface area contributed by atoms with Crippen LogP contribution in [0.3, 0.4) is 0 Å². The van der Waals surface area contributed by atoms with Gasteiger partial charge in [-0.15, -0.1) is 0 Å². The number of hydrogen-bond donors (Lipinski definition) is 1. The summed E-state index contributed by atoms with van der Waals surface area (Å²) >= 11 is 12.5. The first kappa shape index (κ1) is 21.8. The largest absolute Gasteiger partial charge is 0.457 e. The van der Waals surface area contributed by atoms with Crippen LogP contribution >= 0.6 is 23.2 Å². The molecule has 3 heterocycles. The van der Waals surface area contributed by atoms with Crippen LogP contribution in [0.4, 0.5) is 5.82 Å². The Hall–Kier alpha value is -2.42. The Morgan fingerprint density at radius 1 is 1.29 bits per heavy atom. The van der Waals surface area contributed by atoms with Gasteiger partial charge >= 0.3 is 5.97 Å². The molecule has 0 amide bonds. The van der Waals surface area contributed by atoms with Crippen LogP contribution in [0.15, 0.2) is 30.5 Å². The number of aromatic nitrogens is 4. The Morgan fingerprint density at radius 2 is 2.06 bits per heavy atom. The highest BCUT2D eigenvalue weighted by Crippen LogP contribution is 2.39. The van der Waals surface area contributed by atoms with Crippen LogP contribution in [0.25, 0.3) is 11.0 Å². The van der Waals surface area contributed by atoms with E-state index < -0.39 is 12.3 Å². The minimum Gasteiger partial charge on any atom is -0.457 e. The SMILES string of the molecule is CC[C@H]1O[C@@H](n2ncc3c(NCc4ccccc4Cl)nc(Cl)nc32)C(OC(C)=O)[C@@H]1C. The van der Waals surface area contributed by atoms with Gasteiger partial charge in [0.2, 0.25) is 5.28 Å². The number of carbonyl (C=O) groups excluding carboxylic acids is 1. The lowest BCUT2D eigenvalue weighted by Gasteiger charge is -2.21. The van der Waals surface area contributed by atoms with Crippen molar-refractivity contribution in [1.82, 2.24) is 19.7 Å². The zero-order chi connectivity index (χ0) is 22.1. The van der Waals surface area contributed by atoms with E-state index in [-0.39, 0.29) is 23.3 Å². The Balaban J connectivity index is 1.68. The van der Waals surface area contributed by atoms with Crippen molar-refractivity contribution in [3.63, 3.8) is 0 Å². The molecule has 3 aromatic rings. The van der Waals surface area contributed by atoms with Crippen molar-refractivity contribution < 1.29 is 14.3 Å². The summed E-state index contributed by atoms with van der Waals surface area (Å²) in [7, 11) is 0. The molecule has 0 radical (unpaired) electrons. The van der Waals surface area contributed by atoms with Gasteiger partial charge in [-0.1, -0.05) is 43.6 Å². The van der Waals surface area contributed by atoms with Gasteiger partial charge in [-0.3, -0.25) is 4.79 Å². The molecular formula is C21H23Cl2N5O3. The summed E-state index contributed by atoms with van der Waals surface area (Å²) in [4.78, 5) is 20.4. The number of nitrogens with one attached hydrogen (secondary N) is 1. The van der Waals surface area contributed by atoms with Crippen LogP contribution in [-0.2, 0) is 20.8 Å². The minimum absolute atomic E-state index is 0.00766. The molecule has 4 rings (SSSR count). The van der Waals surface area contributed by atoms with Crippen LogP contribution in [0.5, 0.6) is 0 Å². The highest BCUT2D eigenvalue weighted by Gasteiger charge is 2.45. The molecule has 1 fully saturated rings. The molecule has 0 bridgehead atoms. The van der Waals surface area contributed by atoms with Gasteiger partial charge in [0.25, 0.3) is 0 Å². The van der Waals surface area contributed by atoms with Crippen LogP contribution in [-0.4, -0.2) is 37.9 Å². The lowest BCUT2D eigenvalue weighted by Crippen LogP contribution is -2.30. The van der Waals surface area contributed by atoms with Crippen molar-refractivity contribution >= 4 is 46.0 Å². The van der Waals surface area contributed by atoms with Gasteiger partial charge in [0.15, 0.2) is 18.0 Å². The number of nitrogens with zero attached hydrogens (tertiary/aromatic N) is 4. The molecule has 1 unspecified atom stereocenters. The van der Waals surface area contributed by atoms with Gasteiger partial charge < -0.3 is 14.8 Å². The maximum absolute atomic E-state index is 11.7. The van der Waals surface area contributed by atoms with Crippen molar-refractivity contribution in [2.24, 2.45) is 5.92 Å². The number of carbonyl (C=O) groups is 1. The average molecular weight is 464 g/mol. The van der Waals surface area contributed by atoms with Crippen LogP contribution < -0.4 is 5.32 Å². The lowest BCUT2D eigenvalue weighted by atomic mass is 9.98. The van der Waals surface area contributed by atoms with Gasteiger partial charge in [-0.05, 0) is 29.7 Å². The fourth-order valence-electron chi connectivity index (χ4n) is 3.91. The van der Waals surface area contributed by atoms with E-state index in [0.717, 1.165) is 12.0 Å². The van der Waals surface area contributed by atoms with Crippen molar-refractivity contribution in [2.45, 2.75) is 52.2 Å².